The van der Waals surface area contributed by atoms with E-state index in [-0.39, 0.29) is 68.2 Å². The number of nitriles is 1. The Labute approximate surface area is 373 Å². The average Bonchev–Trinajstić information content (AvgIpc) is 3.86. The first-order valence-electron chi connectivity index (χ1n) is 21.1. The Morgan fingerprint density at radius 3 is 2.12 bits per heavy atom. The van der Waals surface area contributed by atoms with Crippen LogP contribution in [0.2, 0.25) is 0 Å². The van der Waals surface area contributed by atoms with Crippen LogP contribution in [0.5, 0.6) is 0 Å². The molecule has 4 rings (SSSR count). The number of hydrogen-bond acceptors (Lipinski definition) is 18. The van der Waals surface area contributed by atoms with Gasteiger partial charge in [-0.2, -0.15) is 5.26 Å². The Morgan fingerprint density at radius 1 is 0.954 bits per heavy atom. The highest BCUT2D eigenvalue weighted by Crippen LogP contribution is 2.53. The number of phosphoric acid groups is 1. The Morgan fingerprint density at radius 2 is 1.55 bits per heavy atom. The van der Waals surface area contributed by atoms with Crippen molar-refractivity contribution >= 4 is 31.6 Å². The van der Waals surface area contributed by atoms with Crippen molar-refractivity contribution in [2.24, 2.45) is 11.8 Å². The molecule has 0 bridgehead atoms. The normalized spacial score (nSPS) is 22.3. The van der Waals surface area contributed by atoms with Gasteiger partial charge in [0.05, 0.1) is 51.3 Å². The highest BCUT2D eigenvalue weighted by molar-refractivity contribution is 7.48. The minimum Gasteiger partial charge on any atom is -0.465 e. The smallest absolute Gasteiger partial charge is 0.465 e. The number of nitrogens with zero attached hydrogens (tertiary/aromatic N) is 4. The highest BCUT2D eigenvalue weighted by atomic mass is 31.2. The number of aliphatic hydroxyl groups is 1. The Bertz CT molecular complexity index is 2320. The fraction of sp³-hybridized carbons (Fsp3) is 0.675. The standard InChI is InChI=1S/C40H58N7O17P/c1-7-26(37(53)45(5)6)16-23(2)38(54)58-14-9-13-42-31(49)10-11-34(50)63-27-17-32(46-19-24(3)35(51)43-39(46)55)62-30(27)22-60-65(57,59-15-8-12-41)64-28-18-33(61-29(28)21-48)47-20-25(4)36(52)44-40(47)56/h19-20,23,26-30,32-33,48H,7-11,13-18,21-22H2,1-6H3,(H,42,49)(H,43,51,55)(H,44,52,56). The minimum atomic E-state index is -4.71. The number of esters is 2. The summed E-state index contributed by atoms with van der Waals surface area (Å²) in [5, 5.41) is 21.9. The number of ether oxygens (including phenoxy) is 4. The van der Waals surface area contributed by atoms with Crippen LogP contribution in [0.1, 0.15) is 88.8 Å². The number of aromatic nitrogens is 4. The first-order valence-corrected chi connectivity index (χ1v) is 22.6. The third-order valence-corrected chi connectivity index (χ3v) is 12.1. The molecule has 4 N–H and O–H groups in total. The quantitative estimate of drug-likeness (QED) is 0.0636. The molecule has 4 heterocycles. The van der Waals surface area contributed by atoms with E-state index in [0.717, 1.165) is 9.13 Å². The number of carbonyl (C=O) groups excluding carboxylic acids is 4. The summed E-state index contributed by atoms with van der Waals surface area (Å²) in [5.74, 6) is -2.69. The summed E-state index contributed by atoms with van der Waals surface area (Å²) in [5.41, 5.74) is -2.54. The van der Waals surface area contributed by atoms with Gasteiger partial charge in [0.1, 0.15) is 36.9 Å². The largest absolute Gasteiger partial charge is 0.475 e. The second-order valence-corrected chi connectivity index (χ2v) is 17.5. The number of aryl methyl sites for hydroxylation is 2. The van der Waals surface area contributed by atoms with Crippen molar-refractivity contribution < 1.29 is 61.4 Å². The minimum absolute atomic E-state index is 0.0181. The predicted molar refractivity (Wildman–Crippen MR) is 225 cm³/mol. The number of aliphatic hydroxyl groups excluding tert-OH is 1. The van der Waals surface area contributed by atoms with Gasteiger partial charge < -0.3 is 34.3 Å². The van der Waals surface area contributed by atoms with Gasteiger partial charge in [0, 0.05) is 69.3 Å². The molecule has 2 aliphatic heterocycles. The van der Waals surface area contributed by atoms with E-state index in [1.165, 1.54) is 31.1 Å². The molecule has 9 atom stereocenters. The molecule has 0 saturated carbocycles. The van der Waals surface area contributed by atoms with E-state index in [1.807, 2.05) is 13.0 Å². The number of carbonyl (C=O) groups is 4. The summed E-state index contributed by atoms with van der Waals surface area (Å²) in [7, 11) is -1.40. The summed E-state index contributed by atoms with van der Waals surface area (Å²) in [6, 6.07) is 1.83. The number of rotatable bonds is 24. The van der Waals surface area contributed by atoms with Crippen LogP contribution in [0.25, 0.3) is 0 Å². The Hall–Kier alpha value is -5.28. The number of amides is 2. The molecule has 2 aliphatic rings. The number of hydrogen-bond donors (Lipinski definition) is 4. The lowest BCUT2D eigenvalue weighted by atomic mass is 9.92. The molecule has 24 nitrogen and oxygen atoms in total. The molecule has 2 aromatic heterocycles. The predicted octanol–water partition coefficient (Wildman–Crippen LogP) is 0.593. The van der Waals surface area contributed by atoms with Crippen molar-refractivity contribution in [2.75, 3.05) is 47.1 Å². The zero-order valence-corrected chi connectivity index (χ0v) is 38.1. The van der Waals surface area contributed by atoms with Crippen molar-refractivity contribution in [3.8, 4) is 6.07 Å². The molecule has 0 aliphatic carbocycles. The number of H-pyrrole nitrogens is 2. The second kappa shape index (κ2) is 24.3. The zero-order chi connectivity index (χ0) is 48.0. The molecule has 2 saturated heterocycles. The Balaban J connectivity index is 1.38. The maximum Gasteiger partial charge on any atom is 0.475 e. The molecule has 65 heavy (non-hydrogen) atoms. The highest BCUT2D eigenvalue weighted by Gasteiger charge is 2.45. The van der Waals surface area contributed by atoms with Crippen LogP contribution in [0, 0.1) is 37.0 Å². The number of aromatic amines is 2. The van der Waals surface area contributed by atoms with Crippen LogP contribution in [0.15, 0.2) is 31.6 Å². The van der Waals surface area contributed by atoms with E-state index in [9.17, 15) is 48.0 Å². The topological polar surface area (TPSA) is 319 Å². The average molecular weight is 940 g/mol. The van der Waals surface area contributed by atoms with E-state index >= 15 is 0 Å². The lowest BCUT2D eigenvalue weighted by Crippen LogP contribution is -2.33. The molecule has 25 heteroatoms. The summed E-state index contributed by atoms with van der Waals surface area (Å²) in [4.78, 5) is 106. The summed E-state index contributed by atoms with van der Waals surface area (Å²) >= 11 is 0. The molecule has 2 aromatic rings. The molecule has 360 valence electrons. The van der Waals surface area contributed by atoms with Gasteiger partial charge in [0.15, 0.2) is 0 Å². The lowest BCUT2D eigenvalue weighted by Gasteiger charge is -2.25. The lowest BCUT2D eigenvalue weighted by molar-refractivity contribution is -0.154. The van der Waals surface area contributed by atoms with E-state index < -0.39 is 117 Å². The molecule has 0 aromatic carbocycles. The van der Waals surface area contributed by atoms with Crippen molar-refractivity contribution in [1.29, 1.82) is 5.26 Å². The van der Waals surface area contributed by atoms with Crippen LogP contribution in [-0.4, -0.2) is 124 Å². The van der Waals surface area contributed by atoms with Crippen molar-refractivity contribution in [2.45, 2.75) is 116 Å². The van der Waals surface area contributed by atoms with Gasteiger partial charge in [0.25, 0.3) is 11.1 Å². The molecule has 0 spiro atoms. The van der Waals surface area contributed by atoms with Gasteiger partial charge in [-0.3, -0.25) is 61.4 Å². The third-order valence-electron chi connectivity index (χ3n) is 10.6. The van der Waals surface area contributed by atoms with Gasteiger partial charge in [-0.1, -0.05) is 13.8 Å². The van der Waals surface area contributed by atoms with Crippen molar-refractivity contribution in [3.05, 3.63) is 65.2 Å². The fourth-order valence-electron chi connectivity index (χ4n) is 7.00. The van der Waals surface area contributed by atoms with Crippen molar-refractivity contribution in [3.63, 3.8) is 0 Å². The molecule has 9 unspecified atom stereocenters. The first kappa shape index (κ1) is 52.3. The maximum absolute atomic E-state index is 14.2. The van der Waals surface area contributed by atoms with Crippen LogP contribution >= 0.6 is 7.82 Å². The van der Waals surface area contributed by atoms with Crippen LogP contribution in [-0.2, 0) is 56.3 Å². The van der Waals surface area contributed by atoms with E-state index in [2.05, 4.69) is 15.3 Å². The van der Waals surface area contributed by atoms with Gasteiger partial charge in [-0.05, 0) is 33.1 Å². The SMILES string of the molecule is CCC(CC(C)C(=O)OCCCNC(=O)CCC(=O)OC1CC(n2cc(C)c(=O)[nH]c2=O)OC1COP(=O)(OCCC#N)OC1CC(n2cc(C)c(=O)[nH]c2=O)OC1CO)C(=O)N(C)C. The molecular weight excluding hydrogens is 881 g/mol. The number of phosphoric ester groups is 1. The summed E-state index contributed by atoms with van der Waals surface area (Å²) in [6.07, 6.45) is -4.62. The van der Waals surface area contributed by atoms with Gasteiger partial charge in [-0.25, -0.2) is 14.2 Å². The first-order chi connectivity index (χ1) is 30.8. The molecule has 2 fully saturated rings. The molecule has 0 radical (unpaired) electrons. The fourth-order valence-corrected chi connectivity index (χ4v) is 8.39. The van der Waals surface area contributed by atoms with Crippen molar-refractivity contribution in [1.82, 2.24) is 29.3 Å². The number of nitrogens with one attached hydrogen (secondary N) is 3. The van der Waals surface area contributed by atoms with E-state index in [4.69, 9.17) is 37.8 Å². The van der Waals surface area contributed by atoms with E-state index in [0.29, 0.717) is 12.8 Å². The van der Waals surface area contributed by atoms with Crippen LogP contribution in [0.3, 0.4) is 0 Å². The van der Waals surface area contributed by atoms with Gasteiger partial charge in [0.2, 0.25) is 11.8 Å². The maximum atomic E-state index is 14.2. The summed E-state index contributed by atoms with van der Waals surface area (Å²) in [6.45, 7) is 4.88. The molecule has 2 amide bonds. The van der Waals surface area contributed by atoms with Crippen LogP contribution < -0.4 is 27.8 Å². The van der Waals surface area contributed by atoms with Gasteiger partial charge in [-0.15, -0.1) is 0 Å². The third kappa shape index (κ3) is 14.9. The van der Waals surface area contributed by atoms with Crippen LogP contribution in [0.4, 0.5) is 0 Å². The summed E-state index contributed by atoms with van der Waals surface area (Å²) < 4.78 is 56.1. The van der Waals surface area contributed by atoms with Gasteiger partial charge >= 0.3 is 31.1 Å². The van der Waals surface area contributed by atoms with E-state index in [1.54, 1.807) is 21.0 Å². The zero-order valence-electron chi connectivity index (χ0n) is 37.2. The monoisotopic (exact) mass is 939 g/mol. The Kier molecular flexibility index (Phi) is 19.6. The second-order valence-electron chi connectivity index (χ2n) is 15.9. The molecular formula is C40H58N7O17P.